The molecular weight excluding hydrogens is 474 g/mol. The molecule has 5 rings (SSSR count). The van der Waals surface area contributed by atoms with Gasteiger partial charge in [-0.15, -0.1) is 0 Å². The summed E-state index contributed by atoms with van der Waals surface area (Å²) < 4.78 is 6.34. The van der Waals surface area contributed by atoms with Crippen molar-refractivity contribution in [2.24, 2.45) is 5.92 Å². The number of hydrogen-bond donors (Lipinski definition) is 3. The first-order chi connectivity index (χ1) is 17.8. The number of ether oxygens (including phenoxy) is 1. The Morgan fingerprint density at radius 1 is 0.892 bits per heavy atom. The van der Waals surface area contributed by atoms with Crippen LogP contribution in [0.25, 0.3) is 0 Å². The minimum atomic E-state index is -3.06. The van der Waals surface area contributed by atoms with E-state index in [1.54, 1.807) is 0 Å². The van der Waals surface area contributed by atoms with Gasteiger partial charge in [0.2, 0.25) is 0 Å². The SMILES string of the molecule is CC(C)(CC[C@@H]1CC[C@@H](Nc2ccccc2)[C@]2(O)CCCO[C@H]12)[Si](O)(c1ccccc1)c1ccccc1. The highest BCUT2D eigenvalue weighted by molar-refractivity contribution is 6.98. The van der Waals surface area contributed by atoms with E-state index in [9.17, 15) is 9.90 Å². The van der Waals surface area contributed by atoms with Gasteiger partial charge in [0.05, 0.1) is 12.1 Å². The number of nitrogens with one attached hydrogen (secondary N) is 1. The summed E-state index contributed by atoms with van der Waals surface area (Å²) in [4.78, 5) is 12.5. The third kappa shape index (κ3) is 5.02. The van der Waals surface area contributed by atoms with Gasteiger partial charge in [-0.3, -0.25) is 0 Å². The quantitative estimate of drug-likeness (QED) is 0.365. The molecule has 3 aromatic carbocycles. The van der Waals surface area contributed by atoms with E-state index in [0.717, 1.165) is 54.6 Å². The zero-order valence-electron chi connectivity index (χ0n) is 22.1. The lowest BCUT2D eigenvalue weighted by molar-refractivity contribution is -0.191. The van der Waals surface area contributed by atoms with Gasteiger partial charge in [0.25, 0.3) is 8.32 Å². The molecule has 3 N–H and O–H groups in total. The van der Waals surface area contributed by atoms with Gasteiger partial charge in [-0.1, -0.05) is 92.7 Å². The largest absolute Gasteiger partial charge is 0.424 e. The average Bonchev–Trinajstić information content (AvgIpc) is 2.93. The molecule has 0 spiro atoms. The molecule has 0 aromatic heterocycles. The number of aliphatic hydroxyl groups is 1. The van der Waals surface area contributed by atoms with Crippen LogP contribution in [0.5, 0.6) is 0 Å². The molecule has 1 saturated heterocycles. The molecule has 0 unspecified atom stereocenters. The number of para-hydroxylation sites is 1. The highest BCUT2D eigenvalue weighted by atomic mass is 28.4. The molecule has 5 heteroatoms. The maximum Gasteiger partial charge on any atom is 0.258 e. The molecule has 3 aromatic rings. The van der Waals surface area contributed by atoms with Crippen molar-refractivity contribution >= 4 is 24.4 Å². The van der Waals surface area contributed by atoms with E-state index in [1.807, 2.05) is 54.6 Å². The van der Waals surface area contributed by atoms with E-state index in [1.165, 1.54) is 0 Å². The molecule has 0 amide bonds. The number of benzene rings is 3. The Bertz CT molecular complexity index is 1100. The van der Waals surface area contributed by atoms with Crippen LogP contribution < -0.4 is 15.7 Å². The second kappa shape index (κ2) is 10.7. The van der Waals surface area contributed by atoms with Gasteiger partial charge in [0.15, 0.2) is 0 Å². The Kier molecular flexibility index (Phi) is 7.60. The van der Waals surface area contributed by atoms with Gasteiger partial charge in [0, 0.05) is 12.3 Å². The Labute approximate surface area is 222 Å². The molecule has 2 aliphatic rings. The van der Waals surface area contributed by atoms with Crippen LogP contribution in [0.15, 0.2) is 91.0 Å². The smallest absolute Gasteiger partial charge is 0.258 e. The monoisotopic (exact) mass is 515 g/mol. The molecule has 1 aliphatic heterocycles. The van der Waals surface area contributed by atoms with Crippen LogP contribution in [0.2, 0.25) is 5.04 Å². The van der Waals surface area contributed by atoms with Crippen LogP contribution in [-0.4, -0.2) is 42.6 Å². The molecule has 196 valence electrons. The molecule has 4 nitrogen and oxygen atoms in total. The van der Waals surface area contributed by atoms with Crippen molar-refractivity contribution in [2.45, 2.75) is 75.2 Å². The van der Waals surface area contributed by atoms with E-state index >= 15 is 0 Å². The van der Waals surface area contributed by atoms with E-state index < -0.39 is 13.9 Å². The minimum absolute atomic E-state index is 0.0237. The van der Waals surface area contributed by atoms with Crippen molar-refractivity contribution in [3.05, 3.63) is 91.0 Å². The summed E-state index contributed by atoms with van der Waals surface area (Å²) in [6, 6.07) is 30.7. The van der Waals surface area contributed by atoms with Gasteiger partial charge in [0.1, 0.15) is 5.60 Å². The summed E-state index contributed by atoms with van der Waals surface area (Å²) in [7, 11) is -3.06. The molecule has 1 aliphatic carbocycles. The summed E-state index contributed by atoms with van der Waals surface area (Å²) in [6.07, 6.45) is 5.17. The lowest BCUT2D eigenvalue weighted by Gasteiger charge is -2.52. The zero-order valence-corrected chi connectivity index (χ0v) is 23.1. The molecule has 2 fully saturated rings. The van der Waals surface area contributed by atoms with Crippen molar-refractivity contribution in [2.75, 3.05) is 11.9 Å². The molecule has 4 atom stereocenters. The fraction of sp³-hybridized carbons (Fsp3) is 0.438. The van der Waals surface area contributed by atoms with Crippen LogP contribution in [0, 0.1) is 5.92 Å². The van der Waals surface area contributed by atoms with E-state index in [-0.39, 0.29) is 23.1 Å². The summed E-state index contributed by atoms with van der Waals surface area (Å²) >= 11 is 0. The number of rotatable bonds is 8. The van der Waals surface area contributed by atoms with Crippen LogP contribution in [0.3, 0.4) is 0 Å². The summed E-state index contributed by atoms with van der Waals surface area (Å²) in [6.45, 7) is 5.17. The van der Waals surface area contributed by atoms with E-state index in [4.69, 9.17) is 4.74 Å². The minimum Gasteiger partial charge on any atom is -0.424 e. The highest BCUT2D eigenvalue weighted by Gasteiger charge is 2.54. The van der Waals surface area contributed by atoms with Crippen LogP contribution in [-0.2, 0) is 4.74 Å². The molecule has 0 bridgehead atoms. The number of hydrogen-bond acceptors (Lipinski definition) is 4. The second-order valence-electron chi connectivity index (χ2n) is 11.7. The first-order valence-electron chi connectivity index (χ1n) is 13.8. The van der Waals surface area contributed by atoms with Crippen molar-refractivity contribution < 1.29 is 14.6 Å². The highest BCUT2D eigenvalue weighted by Crippen LogP contribution is 2.47. The molecule has 0 radical (unpaired) electrons. The maximum atomic E-state index is 12.5. The molecule has 1 saturated carbocycles. The predicted molar refractivity (Wildman–Crippen MR) is 154 cm³/mol. The lowest BCUT2D eigenvalue weighted by atomic mass is 9.67. The average molecular weight is 516 g/mol. The molecule has 1 heterocycles. The predicted octanol–water partition coefficient (Wildman–Crippen LogP) is 5.10. The van der Waals surface area contributed by atoms with Gasteiger partial charge < -0.3 is 20.0 Å². The third-order valence-electron chi connectivity index (χ3n) is 8.99. The maximum absolute atomic E-state index is 12.5. The summed E-state index contributed by atoms with van der Waals surface area (Å²) in [5, 5.41) is 17.4. The van der Waals surface area contributed by atoms with Crippen molar-refractivity contribution in [3.63, 3.8) is 0 Å². The first kappa shape index (κ1) is 26.2. The van der Waals surface area contributed by atoms with Gasteiger partial charge >= 0.3 is 0 Å². The standard InChI is InChI=1S/C32H41NO3Si/c1-31(2,37(35,27-15-8-4-9-16-27)28-17-10-5-11-18-28)23-21-25-19-20-29(33-26-13-6-3-7-14-26)32(34)22-12-24-36-30(25)32/h3-11,13-18,25,29-30,33-35H,12,19-24H2,1-2H3/t25-,29+,30+,32+/m0/s1. The fourth-order valence-electron chi connectivity index (χ4n) is 6.81. The lowest BCUT2D eigenvalue weighted by Crippen LogP contribution is -2.66. The fourth-order valence-corrected chi connectivity index (χ4v) is 10.6. The van der Waals surface area contributed by atoms with E-state index in [2.05, 4.69) is 55.6 Å². The number of anilines is 1. The molecule has 37 heavy (non-hydrogen) atoms. The Balaban J connectivity index is 1.37. The third-order valence-corrected chi connectivity index (χ3v) is 13.5. The topological polar surface area (TPSA) is 61.7 Å². The first-order valence-corrected chi connectivity index (χ1v) is 15.8. The van der Waals surface area contributed by atoms with Crippen molar-refractivity contribution in [3.8, 4) is 0 Å². The normalized spacial score (nSPS) is 26.3. The van der Waals surface area contributed by atoms with Gasteiger partial charge in [-0.25, -0.2) is 0 Å². The Hall–Kier alpha value is -2.44. The van der Waals surface area contributed by atoms with Gasteiger partial charge in [-0.05, 0) is 72.0 Å². The van der Waals surface area contributed by atoms with Crippen LogP contribution >= 0.6 is 0 Å². The van der Waals surface area contributed by atoms with Crippen molar-refractivity contribution in [1.29, 1.82) is 0 Å². The Morgan fingerprint density at radius 2 is 1.46 bits per heavy atom. The van der Waals surface area contributed by atoms with E-state index in [0.29, 0.717) is 6.61 Å². The van der Waals surface area contributed by atoms with Crippen LogP contribution in [0.1, 0.15) is 52.4 Å². The summed E-state index contributed by atoms with van der Waals surface area (Å²) in [5.41, 5.74) is 0.167. The molecular formula is C32H41NO3Si. The zero-order chi connectivity index (χ0) is 25.9. The second-order valence-corrected chi connectivity index (χ2v) is 15.6. The Morgan fingerprint density at radius 3 is 2.05 bits per heavy atom. The van der Waals surface area contributed by atoms with Crippen LogP contribution in [0.4, 0.5) is 5.69 Å². The van der Waals surface area contributed by atoms with Crippen molar-refractivity contribution in [1.82, 2.24) is 0 Å². The van der Waals surface area contributed by atoms with Gasteiger partial charge in [-0.2, -0.15) is 0 Å². The summed E-state index contributed by atoms with van der Waals surface area (Å²) in [5.74, 6) is 0.267. The number of fused-ring (bicyclic) bond motifs is 1.